The normalized spacial score (nSPS) is 28.7. The molecule has 1 saturated heterocycles. The van der Waals surface area contributed by atoms with Crippen molar-refractivity contribution in [3.8, 4) is 5.75 Å². The highest BCUT2D eigenvalue weighted by Crippen LogP contribution is 2.37. The lowest BCUT2D eigenvalue weighted by molar-refractivity contribution is 0.260. The smallest absolute Gasteiger partial charge is 0.243 e. The second kappa shape index (κ2) is 6.74. The molecule has 1 aromatic rings. The van der Waals surface area contributed by atoms with E-state index in [2.05, 4.69) is 0 Å². The van der Waals surface area contributed by atoms with Crippen LogP contribution in [0.25, 0.3) is 0 Å². The van der Waals surface area contributed by atoms with E-state index in [9.17, 15) is 8.42 Å². The first-order valence-electron chi connectivity index (χ1n) is 7.42. The molecule has 3 rings (SSSR count). The van der Waals surface area contributed by atoms with Crippen LogP contribution >= 0.6 is 12.4 Å². The van der Waals surface area contributed by atoms with Gasteiger partial charge in [0, 0.05) is 19.1 Å². The summed E-state index contributed by atoms with van der Waals surface area (Å²) in [4.78, 5) is 0.329. The Labute approximate surface area is 138 Å². The maximum Gasteiger partial charge on any atom is 0.243 e. The lowest BCUT2D eigenvalue weighted by atomic mass is 9.78. The number of fused-ring (bicyclic) bond motifs is 1. The summed E-state index contributed by atoms with van der Waals surface area (Å²) in [6, 6.07) is 6.72. The molecule has 2 N–H and O–H groups in total. The molecule has 1 heterocycles. The van der Waals surface area contributed by atoms with E-state index < -0.39 is 10.0 Å². The maximum absolute atomic E-state index is 12.7. The first kappa shape index (κ1) is 17.5. The van der Waals surface area contributed by atoms with Gasteiger partial charge in [-0.25, -0.2) is 8.42 Å². The molecule has 1 aromatic carbocycles. The summed E-state index contributed by atoms with van der Waals surface area (Å²) in [6.45, 7) is 1.16. The average Bonchev–Trinajstić information content (AvgIpc) is 2.94. The van der Waals surface area contributed by atoms with Crippen LogP contribution in [0.3, 0.4) is 0 Å². The van der Waals surface area contributed by atoms with Crippen molar-refractivity contribution in [3.63, 3.8) is 0 Å². The molecule has 1 aliphatic heterocycles. The summed E-state index contributed by atoms with van der Waals surface area (Å²) in [5.74, 6) is 1.39. The molecule has 22 heavy (non-hydrogen) atoms. The third-order valence-electron chi connectivity index (χ3n) is 4.82. The van der Waals surface area contributed by atoms with Crippen molar-refractivity contribution in [3.05, 3.63) is 24.3 Å². The predicted octanol–water partition coefficient (Wildman–Crippen LogP) is 1.86. The molecule has 0 aromatic heterocycles. The van der Waals surface area contributed by atoms with Gasteiger partial charge in [-0.1, -0.05) is 6.42 Å². The number of halogens is 1. The van der Waals surface area contributed by atoms with Crippen LogP contribution in [-0.2, 0) is 10.0 Å². The quantitative estimate of drug-likeness (QED) is 0.906. The Morgan fingerprint density at radius 2 is 1.86 bits per heavy atom. The van der Waals surface area contributed by atoms with Gasteiger partial charge in [0.15, 0.2) is 0 Å². The highest BCUT2D eigenvalue weighted by Gasteiger charge is 2.43. The number of hydrogen-bond acceptors (Lipinski definition) is 4. The molecule has 1 saturated carbocycles. The Hall–Kier alpha value is -0.820. The molecule has 3 atom stereocenters. The molecule has 124 valence electrons. The zero-order valence-electron chi connectivity index (χ0n) is 12.6. The summed E-state index contributed by atoms with van der Waals surface area (Å²) in [5, 5.41) is 0. The summed E-state index contributed by atoms with van der Waals surface area (Å²) in [5.41, 5.74) is 6.16. The molecule has 2 fully saturated rings. The fraction of sp³-hybridized carbons (Fsp3) is 0.600. The van der Waals surface area contributed by atoms with E-state index in [-0.39, 0.29) is 18.4 Å². The lowest BCUT2D eigenvalue weighted by Crippen LogP contribution is -2.38. The van der Waals surface area contributed by atoms with E-state index in [1.807, 2.05) is 0 Å². The van der Waals surface area contributed by atoms with Crippen LogP contribution in [-0.4, -0.2) is 39.0 Å². The Balaban J connectivity index is 0.00000176. The highest BCUT2D eigenvalue weighted by molar-refractivity contribution is 7.89. The minimum absolute atomic E-state index is 0. The Morgan fingerprint density at radius 1 is 1.18 bits per heavy atom. The van der Waals surface area contributed by atoms with Crippen LogP contribution in [0.1, 0.15) is 19.3 Å². The third kappa shape index (κ3) is 3.11. The van der Waals surface area contributed by atoms with E-state index in [0.717, 1.165) is 19.3 Å². The van der Waals surface area contributed by atoms with E-state index in [1.165, 1.54) is 0 Å². The van der Waals surface area contributed by atoms with Crippen LogP contribution in [0.2, 0.25) is 0 Å². The first-order valence-corrected chi connectivity index (χ1v) is 8.86. The van der Waals surface area contributed by atoms with Gasteiger partial charge >= 0.3 is 0 Å². The third-order valence-corrected chi connectivity index (χ3v) is 6.66. The van der Waals surface area contributed by atoms with Crippen molar-refractivity contribution in [1.29, 1.82) is 0 Å². The van der Waals surface area contributed by atoms with Gasteiger partial charge < -0.3 is 10.5 Å². The molecule has 0 radical (unpaired) electrons. The van der Waals surface area contributed by atoms with E-state index in [0.29, 0.717) is 35.6 Å². The molecule has 0 bridgehead atoms. The summed E-state index contributed by atoms with van der Waals surface area (Å²) >= 11 is 0. The summed E-state index contributed by atoms with van der Waals surface area (Å²) < 4.78 is 32.1. The number of hydrogen-bond donors (Lipinski definition) is 1. The monoisotopic (exact) mass is 346 g/mol. The molecule has 3 unspecified atom stereocenters. The number of methoxy groups -OCH3 is 1. The van der Waals surface area contributed by atoms with Gasteiger partial charge in [0.05, 0.1) is 12.0 Å². The SMILES string of the molecule is COc1ccc(S(=O)(=O)N2CC3CCCC(N)C3C2)cc1.Cl. The van der Waals surface area contributed by atoms with Crippen LogP contribution in [0.5, 0.6) is 5.75 Å². The Bertz CT molecular complexity index is 606. The van der Waals surface area contributed by atoms with Gasteiger partial charge in [-0.15, -0.1) is 12.4 Å². The summed E-state index contributed by atoms with van der Waals surface area (Å²) in [7, 11) is -1.86. The van der Waals surface area contributed by atoms with Gasteiger partial charge in [-0.05, 0) is 48.9 Å². The van der Waals surface area contributed by atoms with Crippen molar-refractivity contribution in [2.75, 3.05) is 20.2 Å². The van der Waals surface area contributed by atoms with E-state index in [4.69, 9.17) is 10.5 Å². The van der Waals surface area contributed by atoms with Crippen LogP contribution < -0.4 is 10.5 Å². The maximum atomic E-state index is 12.7. The van der Waals surface area contributed by atoms with Crippen molar-refractivity contribution in [1.82, 2.24) is 4.31 Å². The number of sulfonamides is 1. The lowest BCUT2D eigenvalue weighted by Gasteiger charge is -2.29. The summed E-state index contributed by atoms with van der Waals surface area (Å²) in [6.07, 6.45) is 3.21. The van der Waals surface area contributed by atoms with Crippen LogP contribution in [0.15, 0.2) is 29.2 Å². The van der Waals surface area contributed by atoms with Gasteiger partial charge in [-0.3, -0.25) is 0 Å². The Morgan fingerprint density at radius 3 is 2.45 bits per heavy atom. The molecule has 2 aliphatic rings. The largest absolute Gasteiger partial charge is 0.497 e. The topological polar surface area (TPSA) is 72.6 Å². The Kier molecular flexibility index (Phi) is 5.37. The van der Waals surface area contributed by atoms with Crippen LogP contribution in [0, 0.1) is 11.8 Å². The minimum Gasteiger partial charge on any atom is -0.497 e. The molecule has 1 aliphatic carbocycles. The standard InChI is InChI=1S/C15H22N2O3S.ClH/c1-20-12-5-7-13(8-6-12)21(18,19)17-9-11-3-2-4-15(16)14(11)10-17;/h5-8,11,14-15H,2-4,9-10,16H2,1H3;1H. The van der Waals surface area contributed by atoms with Crippen molar-refractivity contribution in [2.45, 2.75) is 30.2 Å². The molecular formula is C15H23ClN2O3S. The van der Waals surface area contributed by atoms with Gasteiger partial charge in [-0.2, -0.15) is 4.31 Å². The first-order chi connectivity index (χ1) is 10.0. The van der Waals surface area contributed by atoms with Gasteiger partial charge in [0.1, 0.15) is 5.75 Å². The van der Waals surface area contributed by atoms with Gasteiger partial charge in [0.25, 0.3) is 0 Å². The number of rotatable bonds is 3. The second-order valence-corrected chi connectivity index (χ2v) is 7.95. The number of nitrogens with zero attached hydrogens (tertiary/aromatic N) is 1. The van der Waals surface area contributed by atoms with Crippen molar-refractivity contribution < 1.29 is 13.2 Å². The fourth-order valence-electron chi connectivity index (χ4n) is 3.57. The van der Waals surface area contributed by atoms with E-state index >= 15 is 0 Å². The predicted molar refractivity (Wildman–Crippen MR) is 87.8 cm³/mol. The van der Waals surface area contributed by atoms with Crippen molar-refractivity contribution in [2.24, 2.45) is 17.6 Å². The number of benzene rings is 1. The molecular weight excluding hydrogens is 324 g/mol. The molecule has 7 heteroatoms. The van der Waals surface area contributed by atoms with E-state index in [1.54, 1.807) is 35.7 Å². The number of ether oxygens (including phenoxy) is 1. The van der Waals surface area contributed by atoms with Gasteiger partial charge in [0.2, 0.25) is 10.0 Å². The minimum atomic E-state index is -3.42. The zero-order chi connectivity index (χ0) is 15.0. The average molecular weight is 347 g/mol. The molecule has 0 amide bonds. The van der Waals surface area contributed by atoms with Crippen molar-refractivity contribution >= 4 is 22.4 Å². The number of nitrogens with two attached hydrogens (primary N) is 1. The zero-order valence-corrected chi connectivity index (χ0v) is 14.3. The molecule has 0 spiro atoms. The highest BCUT2D eigenvalue weighted by atomic mass is 35.5. The fourth-order valence-corrected chi connectivity index (χ4v) is 5.10. The molecule has 5 nitrogen and oxygen atoms in total. The second-order valence-electron chi connectivity index (χ2n) is 6.02. The van der Waals surface area contributed by atoms with Crippen LogP contribution in [0.4, 0.5) is 0 Å².